The fraction of sp³-hybridized carbons (Fsp3) is 0.625. The maximum absolute atomic E-state index is 12.7. The molecule has 63 heavy (non-hydrogen) atoms. The number of ketones is 1. The molecule has 0 radical (unpaired) electrons. The van der Waals surface area contributed by atoms with Gasteiger partial charge in [0.1, 0.15) is 18.4 Å². The third-order valence-corrected chi connectivity index (χ3v) is 11.0. The van der Waals surface area contributed by atoms with E-state index in [-0.39, 0.29) is 31.0 Å². The summed E-state index contributed by atoms with van der Waals surface area (Å²) in [4.78, 5) is 58.7. The monoisotopic (exact) mass is 906 g/mol. The number of esters is 2. The van der Waals surface area contributed by atoms with Crippen LogP contribution in [0.2, 0.25) is 0 Å². The molecule has 0 heterocycles. The molecule has 0 aliphatic heterocycles. The molecule has 0 bridgehead atoms. The van der Waals surface area contributed by atoms with Crippen LogP contribution in [0.1, 0.15) is 136 Å². The molecule has 1 unspecified atom stereocenters. The van der Waals surface area contributed by atoms with Crippen molar-refractivity contribution >= 4 is 31.5 Å². The third kappa shape index (κ3) is 30.9. The molecule has 7 atom stereocenters. The van der Waals surface area contributed by atoms with E-state index in [0.29, 0.717) is 38.5 Å². The third-order valence-electron chi connectivity index (χ3n) is 10.0. The number of nitrogens with two attached hydrogens (primary N) is 1. The summed E-state index contributed by atoms with van der Waals surface area (Å²) in [5, 5.41) is 29.7. The van der Waals surface area contributed by atoms with Crippen LogP contribution in [0.25, 0.3) is 0 Å². The summed E-state index contributed by atoms with van der Waals surface area (Å²) >= 11 is 0. The standard InChI is InChI=1S/C48H76NO13P/c1-3-5-7-8-9-10-11-12-13-14-15-16-17-18-19-20-21-22-28-32-47(54)62-40(37-60-63(57,58)61-38-43(49)48(55)56)36-59-46(53)31-27-24-23-26-30-41-42(45(52)35-44(41)51)34-33-39(50)29-25-6-4-2/h5,7,9-10,12-13,15-16,18-19,21-22,33-34,39-44,50-51H,3-4,6,8,11,14,17,20,23-32,35-38,49H2,1-2H3,(H,55,56)(H,57,58)/b7-5-,10-9-,13-12-,16-15-,19-18-,22-21-,34-33+/t39-,40+,41+,42+,43-,44-/m0/s1. The van der Waals surface area contributed by atoms with E-state index < -0.39 is 75.8 Å². The van der Waals surface area contributed by atoms with Crippen molar-refractivity contribution in [2.45, 2.75) is 160 Å². The number of carboxylic acid groups (broad SMARTS) is 1. The number of phosphoric acid groups is 1. The molecule has 0 spiro atoms. The molecular formula is C48H76NO13P. The second kappa shape index (κ2) is 36.6. The number of carbonyl (C=O) groups excluding carboxylic acids is 3. The first-order chi connectivity index (χ1) is 30.3. The summed E-state index contributed by atoms with van der Waals surface area (Å²) < 4.78 is 32.6. The Labute approximate surface area is 375 Å². The number of aliphatic carboxylic acids is 1. The number of unbranched alkanes of at least 4 members (excludes halogenated alkanes) is 5. The van der Waals surface area contributed by atoms with E-state index in [1.54, 1.807) is 12.2 Å². The van der Waals surface area contributed by atoms with E-state index in [2.05, 4.69) is 73.1 Å². The van der Waals surface area contributed by atoms with Crippen molar-refractivity contribution in [2.24, 2.45) is 17.6 Å². The van der Waals surface area contributed by atoms with Crippen molar-refractivity contribution < 1.29 is 62.5 Å². The average Bonchev–Trinajstić information content (AvgIpc) is 3.52. The van der Waals surface area contributed by atoms with Gasteiger partial charge in [0, 0.05) is 25.2 Å². The van der Waals surface area contributed by atoms with E-state index >= 15 is 0 Å². The van der Waals surface area contributed by atoms with Gasteiger partial charge in [0.25, 0.3) is 0 Å². The molecule has 1 rings (SSSR count). The summed E-state index contributed by atoms with van der Waals surface area (Å²) in [6.45, 7) is 2.26. The maximum Gasteiger partial charge on any atom is 0.472 e. The molecule has 6 N–H and O–H groups in total. The number of hydrogen-bond donors (Lipinski definition) is 5. The lowest BCUT2D eigenvalue weighted by atomic mass is 9.88. The van der Waals surface area contributed by atoms with Crippen LogP contribution in [0, 0.1) is 11.8 Å². The predicted molar refractivity (Wildman–Crippen MR) is 245 cm³/mol. The number of aliphatic hydroxyl groups is 2. The Balaban J connectivity index is 2.51. The van der Waals surface area contributed by atoms with E-state index in [1.165, 1.54) is 0 Å². The molecule has 1 saturated carbocycles. The van der Waals surface area contributed by atoms with Gasteiger partial charge in [-0.2, -0.15) is 0 Å². The van der Waals surface area contributed by atoms with Crippen LogP contribution in [-0.4, -0.2) is 88.1 Å². The molecule has 14 nitrogen and oxygen atoms in total. The number of carboxylic acids is 1. The van der Waals surface area contributed by atoms with Crippen LogP contribution in [0.3, 0.4) is 0 Å². The minimum absolute atomic E-state index is 0.0164. The van der Waals surface area contributed by atoms with Gasteiger partial charge in [0.15, 0.2) is 6.10 Å². The van der Waals surface area contributed by atoms with Crippen LogP contribution in [-0.2, 0) is 42.3 Å². The highest BCUT2D eigenvalue weighted by atomic mass is 31.2. The summed E-state index contributed by atoms with van der Waals surface area (Å²) in [5.74, 6) is -3.35. The molecule has 0 aromatic rings. The molecule has 0 aromatic carbocycles. The van der Waals surface area contributed by atoms with Crippen molar-refractivity contribution in [3.8, 4) is 0 Å². The SMILES string of the molecule is CC/C=C\C/C=C\C/C=C\C/C=C\C/C=C\C/C=C\CCC(=O)O[C@H](COC(=O)CCCCCC[C@H]1[C@@H](O)CC(=O)[C@@H]1/C=C/[C@@H](O)CCCCC)COP(=O)(O)OC[C@H](N)C(=O)O. The van der Waals surface area contributed by atoms with Crippen molar-refractivity contribution in [2.75, 3.05) is 19.8 Å². The zero-order chi connectivity index (χ0) is 46.6. The molecule has 0 aromatic heterocycles. The Morgan fingerprint density at radius 1 is 0.762 bits per heavy atom. The molecule has 0 amide bonds. The van der Waals surface area contributed by atoms with Crippen LogP contribution >= 0.6 is 7.82 Å². The molecule has 1 aliphatic rings. The van der Waals surface area contributed by atoms with Crippen molar-refractivity contribution in [3.63, 3.8) is 0 Å². The van der Waals surface area contributed by atoms with Crippen LogP contribution in [0.5, 0.6) is 0 Å². The quantitative estimate of drug-likeness (QED) is 0.0170. The van der Waals surface area contributed by atoms with Gasteiger partial charge >= 0.3 is 25.7 Å². The highest BCUT2D eigenvalue weighted by molar-refractivity contribution is 7.47. The molecule has 1 aliphatic carbocycles. The van der Waals surface area contributed by atoms with Crippen LogP contribution in [0.15, 0.2) is 85.1 Å². The number of rotatable bonds is 37. The number of hydrogen-bond acceptors (Lipinski definition) is 12. The Morgan fingerprint density at radius 3 is 1.92 bits per heavy atom. The number of carbonyl (C=O) groups is 4. The molecule has 1 fully saturated rings. The van der Waals surface area contributed by atoms with Gasteiger partial charge in [-0.15, -0.1) is 0 Å². The maximum atomic E-state index is 12.7. The fourth-order valence-electron chi connectivity index (χ4n) is 6.46. The van der Waals surface area contributed by atoms with Gasteiger partial charge in [-0.1, -0.05) is 137 Å². The fourth-order valence-corrected chi connectivity index (χ4v) is 7.24. The van der Waals surface area contributed by atoms with Crippen LogP contribution < -0.4 is 5.73 Å². The first-order valence-corrected chi connectivity index (χ1v) is 24.2. The zero-order valence-electron chi connectivity index (χ0n) is 37.6. The Hall–Kier alpha value is -3.75. The van der Waals surface area contributed by atoms with E-state index in [9.17, 15) is 38.8 Å². The number of phosphoric ester groups is 1. The molecule has 356 valence electrons. The van der Waals surface area contributed by atoms with Gasteiger partial charge in [-0.3, -0.25) is 28.2 Å². The topological polar surface area (TPSA) is 229 Å². The Bertz CT molecular complexity index is 1550. The summed E-state index contributed by atoms with van der Waals surface area (Å²) in [6, 6.07) is -1.57. The first kappa shape index (κ1) is 57.3. The number of allylic oxidation sites excluding steroid dienone is 13. The molecule has 15 heteroatoms. The lowest BCUT2D eigenvalue weighted by Gasteiger charge is -2.20. The summed E-state index contributed by atoms with van der Waals surface area (Å²) in [5.41, 5.74) is 5.33. The van der Waals surface area contributed by atoms with E-state index in [1.807, 2.05) is 18.2 Å². The predicted octanol–water partition coefficient (Wildman–Crippen LogP) is 8.87. The highest BCUT2D eigenvalue weighted by Crippen LogP contribution is 2.43. The average molecular weight is 906 g/mol. The Kier molecular flexibility index (Phi) is 33.2. The largest absolute Gasteiger partial charge is 0.480 e. The van der Waals surface area contributed by atoms with Gasteiger partial charge in [-0.25, -0.2) is 4.57 Å². The zero-order valence-corrected chi connectivity index (χ0v) is 38.5. The van der Waals surface area contributed by atoms with Crippen LogP contribution in [0.4, 0.5) is 0 Å². The van der Waals surface area contributed by atoms with Crippen molar-refractivity contribution in [3.05, 3.63) is 85.1 Å². The second-order valence-corrected chi connectivity index (χ2v) is 17.0. The lowest BCUT2D eigenvalue weighted by Crippen LogP contribution is -2.34. The first-order valence-electron chi connectivity index (χ1n) is 22.7. The summed E-state index contributed by atoms with van der Waals surface area (Å²) in [7, 11) is -4.80. The number of aliphatic hydroxyl groups excluding tert-OH is 2. The molecular weight excluding hydrogens is 829 g/mol. The summed E-state index contributed by atoms with van der Waals surface area (Å²) in [6.07, 6.45) is 38.6. The van der Waals surface area contributed by atoms with Crippen molar-refractivity contribution in [1.82, 2.24) is 0 Å². The number of ether oxygens (including phenoxy) is 2. The smallest absolute Gasteiger partial charge is 0.472 e. The van der Waals surface area contributed by atoms with Gasteiger partial charge in [0.05, 0.1) is 25.4 Å². The highest BCUT2D eigenvalue weighted by Gasteiger charge is 2.39. The second-order valence-electron chi connectivity index (χ2n) is 15.6. The molecule has 0 saturated heterocycles. The van der Waals surface area contributed by atoms with Gasteiger partial charge < -0.3 is 35.4 Å². The van der Waals surface area contributed by atoms with Gasteiger partial charge in [0.2, 0.25) is 0 Å². The minimum Gasteiger partial charge on any atom is -0.480 e. The van der Waals surface area contributed by atoms with Crippen molar-refractivity contribution in [1.29, 1.82) is 0 Å². The minimum atomic E-state index is -4.80. The van der Waals surface area contributed by atoms with E-state index in [4.69, 9.17) is 24.8 Å². The Morgan fingerprint density at radius 2 is 1.33 bits per heavy atom. The van der Waals surface area contributed by atoms with E-state index in [0.717, 1.165) is 64.2 Å². The number of Topliss-reactive ketones (excluding diaryl/α,β-unsaturated/α-hetero) is 1. The lowest BCUT2D eigenvalue weighted by molar-refractivity contribution is -0.161. The normalized spacial score (nSPS) is 19.7. The van der Waals surface area contributed by atoms with Gasteiger partial charge in [-0.05, 0) is 70.1 Å².